The van der Waals surface area contributed by atoms with Gasteiger partial charge in [-0.05, 0) is 12.8 Å². The summed E-state index contributed by atoms with van der Waals surface area (Å²) in [6.07, 6.45) is 3.06. The van der Waals surface area contributed by atoms with Crippen molar-refractivity contribution in [3.05, 3.63) is 22.2 Å². The van der Waals surface area contributed by atoms with Crippen LogP contribution in [-0.4, -0.2) is 16.7 Å². The minimum Gasteiger partial charge on any atom is -0.481 e. The Morgan fingerprint density at radius 2 is 2.38 bits per heavy atom. The van der Waals surface area contributed by atoms with E-state index in [0.29, 0.717) is 5.88 Å². The summed E-state index contributed by atoms with van der Waals surface area (Å²) in [5.41, 5.74) is 0.00144. The molecule has 0 aliphatic carbocycles. The monoisotopic (exact) mass is 180 g/mol. The Labute approximate surface area is 76.2 Å². The molecule has 2 heterocycles. The molecular formula is C9H12N2O2. The number of nitrogens with zero attached hydrogens (tertiary/aromatic N) is 2. The van der Waals surface area contributed by atoms with Crippen LogP contribution >= 0.6 is 0 Å². The van der Waals surface area contributed by atoms with Crippen LogP contribution in [0.4, 0.5) is 0 Å². The Balaban J connectivity index is 2.53. The second-order valence-corrected chi connectivity index (χ2v) is 3.16. The summed E-state index contributed by atoms with van der Waals surface area (Å²) < 4.78 is 6.66. The SMILES string of the molecule is COc1cc(=O)n2c(n1)CCCC2. The van der Waals surface area contributed by atoms with Crippen LogP contribution in [0.1, 0.15) is 18.7 Å². The van der Waals surface area contributed by atoms with Crippen LogP contribution in [0.15, 0.2) is 10.9 Å². The summed E-state index contributed by atoms with van der Waals surface area (Å²) in [5, 5.41) is 0. The molecule has 13 heavy (non-hydrogen) atoms. The van der Waals surface area contributed by atoms with E-state index >= 15 is 0 Å². The van der Waals surface area contributed by atoms with Crippen LogP contribution in [0.3, 0.4) is 0 Å². The normalized spacial score (nSPS) is 15.2. The van der Waals surface area contributed by atoms with Gasteiger partial charge < -0.3 is 4.74 Å². The number of aromatic nitrogens is 2. The van der Waals surface area contributed by atoms with Crippen molar-refractivity contribution in [1.29, 1.82) is 0 Å². The maximum Gasteiger partial charge on any atom is 0.257 e. The topological polar surface area (TPSA) is 44.1 Å². The number of hydrogen-bond donors (Lipinski definition) is 0. The molecule has 0 spiro atoms. The van der Waals surface area contributed by atoms with Crippen molar-refractivity contribution < 1.29 is 4.74 Å². The first-order valence-corrected chi connectivity index (χ1v) is 4.46. The van der Waals surface area contributed by atoms with E-state index < -0.39 is 0 Å². The lowest BCUT2D eigenvalue weighted by Gasteiger charge is -2.16. The van der Waals surface area contributed by atoms with E-state index in [2.05, 4.69) is 4.98 Å². The number of fused-ring (bicyclic) bond motifs is 1. The highest BCUT2D eigenvalue weighted by molar-refractivity contribution is 5.11. The Morgan fingerprint density at radius 3 is 3.15 bits per heavy atom. The van der Waals surface area contributed by atoms with Gasteiger partial charge in [-0.1, -0.05) is 0 Å². The van der Waals surface area contributed by atoms with Crippen molar-refractivity contribution in [2.45, 2.75) is 25.8 Å². The van der Waals surface area contributed by atoms with Crippen molar-refractivity contribution in [1.82, 2.24) is 9.55 Å². The highest BCUT2D eigenvalue weighted by atomic mass is 16.5. The summed E-state index contributed by atoms with van der Waals surface area (Å²) in [6, 6.07) is 1.44. The molecule has 4 nitrogen and oxygen atoms in total. The third-order valence-electron chi connectivity index (χ3n) is 2.31. The predicted octanol–water partition coefficient (Wildman–Crippen LogP) is 0.588. The maximum atomic E-state index is 11.5. The number of hydrogen-bond acceptors (Lipinski definition) is 3. The van der Waals surface area contributed by atoms with E-state index in [1.165, 1.54) is 13.2 Å². The smallest absolute Gasteiger partial charge is 0.257 e. The predicted molar refractivity (Wildman–Crippen MR) is 48.0 cm³/mol. The van der Waals surface area contributed by atoms with Crippen LogP contribution in [0.25, 0.3) is 0 Å². The van der Waals surface area contributed by atoms with Gasteiger partial charge in [0, 0.05) is 13.0 Å². The molecule has 0 saturated heterocycles. The minimum atomic E-state index is 0.00144. The van der Waals surface area contributed by atoms with E-state index in [1.807, 2.05) is 0 Å². The Morgan fingerprint density at radius 1 is 1.54 bits per heavy atom. The molecule has 4 heteroatoms. The Bertz CT molecular complexity index is 370. The third kappa shape index (κ3) is 1.43. The Hall–Kier alpha value is -1.32. The van der Waals surface area contributed by atoms with E-state index in [1.54, 1.807) is 4.57 Å². The minimum absolute atomic E-state index is 0.00144. The first kappa shape index (κ1) is 8.29. The molecule has 70 valence electrons. The summed E-state index contributed by atoms with van der Waals surface area (Å²) >= 11 is 0. The molecule has 0 fully saturated rings. The van der Waals surface area contributed by atoms with Crippen LogP contribution in [0, 0.1) is 0 Å². The van der Waals surface area contributed by atoms with Crippen LogP contribution < -0.4 is 10.3 Å². The lowest BCUT2D eigenvalue weighted by atomic mass is 10.1. The molecule has 1 aliphatic heterocycles. The van der Waals surface area contributed by atoms with Gasteiger partial charge in [0.25, 0.3) is 5.56 Å². The van der Waals surface area contributed by atoms with Gasteiger partial charge in [0.05, 0.1) is 13.2 Å². The van der Waals surface area contributed by atoms with Crippen molar-refractivity contribution in [2.75, 3.05) is 7.11 Å². The zero-order valence-corrected chi connectivity index (χ0v) is 7.62. The molecule has 1 aliphatic rings. The standard InChI is InChI=1S/C9H12N2O2/c1-13-8-6-9(12)11-5-3-2-4-7(11)10-8/h6H,2-5H2,1H3. The van der Waals surface area contributed by atoms with Gasteiger partial charge in [-0.15, -0.1) is 0 Å². The fourth-order valence-corrected chi connectivity index (χ4v) is 1.62. The second-order valence-electron chi connectivity index (χ2n) is 3.16. The summed E-state index contributed by atoms with van der Waals surface area (Å²) in [7, 11) is 1.53. The zero-order valence-electron chi connectivity index (χ0n) is 7.62. The van der Waals surface area contributed by atoms with Crippen LogP contribution in [0.2, 0.25) is 0 Å². The van der Waals surface area contributed by atoms with Crippen molar-refractivity contribution in [3.8, 4) is 5.88 Å². The molecule has 0 atom stereocenters. The summed E-state index contributed by atoms with van der Waals surface area (Å²) in [5.74, 6) is 1.29. The molecule has 1 aromatic heterocycles. The highest BCUT2D eigenvalue weighted by Crippen LogP contribution is 2.12. The largest absolute Gasteiger partial charge is 0.481 e. The molecule has 0 saturated carbocycles. The first-order valence-electron chi connectivity index (χ1n) is 4.46. The van der Waals surface area contributed by atoms with Crippen molar-refractivity contribution in [3.63, 3.8) is 0 Å². The van der Waals surface area contributed by atoms with Crippen molar-refractivity contribution >= 4 is 0 Å². The molecule has 0 unspecified atom stereocenters. The van der Waals surface area contributed by atoms with E-state index in [0.717, 1.165) is 31.6 Å². The van der Waals surface area contributed by atoms with E-state index in [-0.39, 0.29) is 5.56 Å². The molecule has 0 N–H and O–H groups in total. The molecule has 0 bridgehead atoms. The molecule has 2 rings (SSSR count). The zero-order chi connectivity index (χ0) is 9.26. The third-order valence-corrected chi connectivity index (χ3v) is 2.31. The van der Waals surface area contributed by atoms with Gasteiger partial charge in [0.2, 0.25) is 5.88 Å². The maximum absolute atomic E-state index is 11.5. The quantitative estimate of drug-likeness (QED) is 0.635. The van der Waals surface area contributed by atoms with E-state index in [9.17, 15) is 4.79 Å². The van der Waals surface area contributed by atoms with Gasteiger partial charge in [-0.25, -0.2) is 0 Å². The number of ether oxygens (including phenoxy) is 1. The van der Waals surface area contributed by atoms with Crippen LogP contribution in [0.5, 0.6) is 5.88 Å². The number of rotatable bonds is 1. The molecular weight excluding hydrogens is 168 g/mol. The Kier molecular flexibility index (Phi) is 2.04. The van der Waals surface area contributed by atoms with Gasteiger partial charge >= 0.3 is 0 Å². The number of methoxy groups -OCH3 is 1. The van der Waals surface area contributed by atoms with Crippen molar-refractivity contribution in [2.24, 2.45) is 0 Å². The highest BCUT2D eigenvalue weighted by Gasteiger charge is 2.12. The average molecular weight is 180 g/mol. The molecule has 0 radical (unpaired) electrons. The fraction of sp³-hybridized carbons (Fsp3) is 0.556. The molecule has 0 aromatic carbocycles. The summed E-state index contributed by atoms with van der Waals surface area (Å²) in [4.78, 5) is 15.7. The van der Waals surface area contributed by atoms with Gasteiger partial charge in [-0.2, -0.15) is 4.98 Å². The number of aryl methyl sites for hydroxylation is 1. The van der Waals surface area contributed by atoms with Gasteiger partial charge in [0.15, 0.2) is 0 Å². The fourth-order valence-electron chi connectivity index (χ4n) is 1.62. The molecule has 0 amide bonds. The average Bonchev–Trinajstić information content (AvgIpc) is 2.18. The van der Waals surface area contributed by atoms with Crippen LogP contribution in [-0.2, 0) is 13.0 Å². The summed E-state index contributed by atoms with van der Waals surface area (Å²) in [6.45, 7) is 0.797. The molecule has 1 aromatic rings. The van der Waals surface area contributed by atoms with Gasteiger partial charge in [-0.3, -0.25) is 9.36 Å². The lowest BCUT2D eigenvalue weighted by Crippen LogP contribution is -2.27. The van der Waals surface area contributed by atoms with E-state index in [4.69, 9.17) is 4.74 Å². The lowest BCUT2D eigenvalue weighted by molar-refractivity contribution is 0.383. The first-order chi connectivity index (χ1) is 6.31. The second kappa shape index (κ2) is 3.20. The van der Waals surface area contributed by atoms with Gasteiger partial charge in [0.1, 0.15) is 5.82 Å².